The van der Waals surface area contributed by atoms with Crippen LogP contribution in [0.1, 0.15) is 65.9 Å². The van der Waals surface area contributed by atoms with E-state index in [0.717, 1.165) is 18.4 Å². The number of rotatable bonds is 8. The highest BCUT2D eigenvalue weighted by atomic mass is 16.6. The van der Waals surface area contributed by atoms with Crippen LogP contribution in [0.5, 0.6) is 0 Å². The fourth-order valence-electron chi connectivity index (χ4n) is 4.05. The minimum absolute atomic E-state index is 0.0623. The van der Waals surface area contributed by atoms with Gasteiger partial charge < -0.3 is 4.74 Å². The normalized spacial score (nSPS) is 22.4. The number of likely N-dealkylation sites (tertiary alicyclic amines) is 1. The molecular weight excluding hydrogens is 364 g/mol. The van der Waals surface area contributed by atoms with Crippen LogP contribution in [0.25, 0.3) is 0 Å². The summed E-state index contributed by atoms with van der Waals surface area (Å²) in [6, 6.07) is 10.9. The molecular formula is C24H34N2O3. The molecule has 1 aromatic carbocycles. The number of nitriles is 1. The first kappa shape index (κ1) is 23.1. The molecule has 158 valence electrons. The molecule has 0 bridgehead atoms. The number of hydrogen-bond acceptors (Lipinski definition) is 5. The molecule has 0 radical (unpaired) electrons. The van der Waals surface area contributed by atoms with Crippen molar-refractivity contribution in [1.82, 2.24) is 4.90 Å². The maximum absolute atomic E-state index is 13.3. The molecule has 1 aliphatic rings. The zero-order valence-electron chi connectivity index (χ0n) is 18.4. The van der Waals surface area contributed by atoms with Gasteiger partial charge in [0.05, 0.1) is 18.0 Å². The van der Waals surface area contributed by atoms with E-state index in [9.17, 15) is 14.9 Å². The minimum atomic E-state index is -0.616. The zero-order chi connectivity index (χ0) is 21.6. The molecule has 0 N–H and O–H groups in total. The van der Waals surface area contributed by atoms with Crippen molar-refractivity contribution in [2.24, 2.45) is 11.8 Å². The zero-order valence-corrected chi connectivity index (χ0v) is 18.4. The number of ketones is 1. The summed E-state index contributed by atoms with van der Waals surface area (Å²) in [5.41, 5.74) is 0.398. The molecule has 1 aromatic rings. The summed E-state index contributed by atoms with van der Waals surface area (Å²) in [5, 5.41) is 9.77. The number of benzene rings is 1. The van der Waals surface area contributed by atoms with Crippen molar-refractivity contribution in [3.8, 4) is 6.07 Å². The summed E-state index contributed by atoms with van der Waals surface area (Å²) in [6.07, 6.45) is 2.64. The smallest absolute Gasteiger partial charge is 0.323 e. The summed E-state index contributed by atoms with van der Waals surface area (Å²) in [5.74, 6) is -0.488. The topological polar surface area (TPSA) is 70.4 Å². The molecule has 2 rings (SSSR count). The molecule has 1 aliphatic heterocycles. The summed E-state index contributed by atoms with van der Waals surface area (Å²) >= 11 is 0. The van der Waals surface area contributed by atoms with Crippen molar-refractivity contribution in [2.45, 2.75) is 84.5 Å². The Balaban J connectivity index is 2.34. The third kappa shape index (κ3) is 6.14. The molecule has 0 unspecified atom stereocenters. The Labute approximate surface area is 175 Å². The van der Waals surface area contributed by atoms with Crippen molar-refractivity contribution in [3.63, 3.8) is 0 Å². The maximum atomic E-state index is 13.3. The summed E-state index contributed by atoms with van der Waals surface area (Å²) in [6.45, 7) is 10.1. The van der Waals surface area contributed by atoms with Gasteiger partial charge in [-0.3, -0.25) is 14.5 Å². The van der Waals surface area contributed by atoms with Crippen LogP contribution in [0.3, 0.4) is 0 Å². The summed E-state index contributed by atoms with van der Waals surface area (Å²) in [7, 11) is 0. The lowest BCUT2D eigenvalue weighted by atomic mass is 9.89. The second-order valence-corrected chi connectivity index (χ2v) is 8.98. The molecule has 0 aromatic heterocycles. The van der Waals surface area contributed by atoms with E-state index in [2.05, 4.69) is 19.9 Å². The Kier molecular flexibility index (Phi) is 7.98. The van der Waals surface area contributed by atoms with Gasteiger partial charge in [0.25, 0.3) is 0 Å². The van der Waals surface area contributed by atoms with Crippen molar-refractivity contribution in [3.05, 3.63) is 35.9 Å². The maximum Gasteiger partial charge on any atom is 0.323 e. The second-order valence-electron chi connectivity index (χ2n) is 8.98. The van der Waals surface area contributed by atoms with Crippen LogP contribution in [-0.2, 0) is 20.9 Å². The van der Waals surface area contributed by atoms with E-state index in [1.165, 1.54) is 0 Å². The third-order valence-electron chi connectivity index (χ3n) is 5.64. The number of nitrogens with zero attached hydrogens (tertiary/aromatic N) is 2. The van der Waals surface area contributed by atoms with Gasteiger partial charge in [0, 0.05) is 13.0 Å². The lowest BCUT2D eigenvalue weighted by Gasteiger charge is -2.31. The highest BCUT2D eigenvalue weighted by molar-refractivity contribution is 5.87. The van der Waals surface area contributed by atoms with Gasteiger partial charge >= 0.3 is 5.97 Å². The van der Waals surface area contributed by atoms with Gasteiger partial charge in [-0.2, -0.15) is 5.26 Å². The van der Waals surface area contributed by atoms with Gasteiger partial charge in [-0.1, -0.05) is 57.0 Å². The Bertz CT molecular complexity index is 729. The molecule has 0 aliphatic carbocycles. The van der Waals surface area contributed by atoms with Crippen LogP contribution < -0.4 is 0 Å². The quantitative estimate of drug-likeness (QED) is 0.603. The van der Waals surface area contributed by atoms with E-state index >= 15 is 0 Å². The van der Waals surface area contributed by atoms with Crippen LogP contribution in [0, 0.1) is 23.2 Å². The first-order valence-electron chi connectivity index (χ1n) is 10.6. The lowest BCUT2D eigenvalue weighted by Crippen LogP contribution is -2.46. The number of ether oxygens (including phenoxy) is 1. The Hall–Kier alpha value is -2.19. The third-order valence-corrected chi connectivity index (χ3v) is 5.64. The number of Topliss-reactive ketones (excluding diaryl/α,β-unsaturated/α-hetero) is 1. The van der Waals surface area contributed by atoms with E-state index in [1.807, 2.05) is 56.0 Å². The van der Waals surface area contributed by atoms with Crippen LogP contribution in [-0.4, -0.2) is 34.3 Å². The van der Waals surface area contributed by atoms with Crippen LogP contribution in [0.15, 0.2) is 30.3 Å². The molecule has 0 spiro atoms. The van der Waals surface area contributed by atoms with Gasteiger partial charge in [-0.15, -0.1) is 0 Å². The number of carbonyl (C=O) groups is 2. The number of esters is 1. The Morgan fingerprint density at radius 3 is 2.34 bits per heavy atom. The van der Waals surface area contributed by atoms with E-state index in [0.29, 0.717) is 25.3 Å². The molecule has 1 heterocycles. The minimum Gasteiger partial charge on any atom is -0.459 e. The van der Waals surface area contributed by atoms with E-state index in [1.54, 1.807) is 0 Å². The van der Waals surface area contributed by atoms with Crippen LogP contribution in [0.4, 0.5) is 0 Å². The predicted octanol–water partition coefficient (Wildman–Crippen LogP) is 4.51. The Morgan fingerprint density at radius 2 is 1.83 bits per heavy atom. The standard InChI is InChI=1S/C24H34N2O3/c1-6-17(7-2)13-21(27)22-19(15-25)14-20(23(28)29-24(3,4)5)26(22)16-18-11-9-8-10-12-18/h8-12,17,19-20,22H,6-7,13-14,16H2,1-5H3/t19-,20+,22+/m0/s1. The van der Waals surface area contributed by atoms with Gasteiger partial charge in [-0.05, 0) is 38.7 Å². The largest absolute Gasteiger partial charge is 0.459 e. The highest BCUT2D eigenvalue weighted by Crippen LogP contribution is 2.35. The Morgan fingerprint density at radius 1 is 1.21 bits per heavy atom. The average Bonchev–Trinajstić information content (AvgIpc) is 3.04. The monoisotopic (exact) mass is 398 g/mol. The lowest BCUT2D eigenvalue weighted by molar-refractivity contribution is -0.161. The van der Waals surface area contributed by atoms with Gasteiger partial charge in [0.1, 0.15) is 11.6 Å². The molecule has 5 nitrogen and oxygen atoms in total. The first-order chi connectivity index (χ1) is 13.7. The van der Waals surface area contributed by atoms with Gasteiger partial charge in [0.2, 0.25) is 0 Å². The second kappa shape index (κ2) is 10.0. The fourth-order valence-corrected chi connectivity index (χ4v) is 4.05. The predicted molar refractivity (Wildman–Crippen MR) is 113 cm³/mol. The average molecular weight is 399 g/mol. The molecule has 0 amide bonds. The molecule has 3 atom stereocenters. The van der Waals surface area contributed by atoms with Crippen molar-refractivity contribution in [1.29, 1.82) is 5.26 Å². The van der Waals surface area contributed by atoms with E-state index in [4.69, 9.17) is 4.74 Å². The van der Waals surface area contributed by atoms with E-state index < -0.39 is 23.6 Å². The number of carbonyl (C=O) groups excluding carboxylic acids is 2. The number of hydrogen-bond donors (Lipinski definition) is 0. The molecule has 29 heavy (non-hydrogen) atoms. The molecule has 1 saturated heterocycles. The van der Waals surface area contributed by atoms with Gasteiger partial charge in [-0.25, -0.2) is 0 Å². The van der Waals surface area contributed by atoms with Crippen molar-refractivity contribution in [2.75, 3.05) is 0 Å². The first-order valence-corrected chi connectivity index (χ1v) is 10.6. The highest BCUT2D eigenvalue weighted by Gasteiger charge is 2.49. The molecule has 5 heteroatoms. The summed E-state index contributed by atoms with van der Waals surface area (Å²) in [4.78, 5) is 28.1. The summed E-state index contributed by atoms with van der Waals surface area (Å²) < 4.78 is 5.63. The van der Waals surface area contributed by atoms with Crippen molar-refractivity contribution >= 4 is 11.8 Å². The van der Waals surface area contributed by atoms with E-state index in [-0.39, 0.29) is 11.8 Å². The fraction of sp³-hybridized carbons (Fsp3) is 0.625. The molecule has 1 fully saturated rings. The molecule has 0 saturated carbocycles. The van der Waals surface area contributed by atoms with Gasteiger partial charge in [0.15, 0.2) is 5.78 Å². The SMILES string of the molecule is CCC(CC)CC(=O)[C@H]1[C@H](C#N)C[C@H](C(=O)OC(C)(C)C)N1Cc1ccccc1. The van der Waals surface area contributed by atoms with Crippen molar-refractivity contribution < 1.29 is 14.3 Å². The van der Waals surface area contributed by atoms with Crippen LogP contribution in [0.2, 0.25) is 0 Å². The van der Waals surface area contributed by atoms with Crippen LogP contribution >= 0.6 is 0 Å².